The number of carbonyl (C=O) groups excluding carboxylic acids is 2. The fourth-order valence-corrected chi connectivity index (χ4v) is 3.26. The number of hydrazine groups is 1. The smallest absolute Gasteiger partial charge is 0.246 e. The van der Waals surface area contributed by atoms with Crippen molar-refractivity contribution in [3.63, 3.8) is 0 Å². The highest BCUT2D eigenvalue weighted by Gasteiger charge is 2.29. The van der Waals surface area contributed by atoms with Gasteiger partial charge in [-0.25, -0.2) is 10.0 Å². The van der Waals surface area contributed by atoms with Gasteiger partial charge < -0.3 is 14.4 Å². The second-order valence-electron chi connectivity index (χ2n) is 6.72. The molecule has 0 spiro atoms. The molecule has 0 aliphatic carbocycles. The molecule has 9 nitrogen and oxygen atoms in total. The Morgan fingerprint density at radius 2 is 2.15 bits per heavy atom. The molecule has 0 unspecified atom stereocenters. The fourth-order valence-electron chi connectivity index (χ4n) is 3.26. The van der Waals surface area contributed by atoms with Crippen LogP contribution in [0.5, 0.6) is 5.75 Å². The SMILES string of the molecule is O=C1CN2Cc3cc(OCCCC(=O)NN4CCOCC4)ccc3N=C2N1. The van der Waals surface area contributed by atoms with Crippen molar-refractivity contribution in [3.8, 4) is 5.75 Å². The van der Waals surface area contributed by atoms with Crippen molar-refractivity contribution in [3.05, 3.63) is 23.8 Å². The third-order valence-electron chi connectivity index (χ3n) is 4.63. The van der Waals surface area contributed by atoms with Crippen LogP contribution in [0.15, 0.2) is 23.2 Å². The third kappa shape index (κ3) is 4.37. The average Bonchev–Trinajstić information content (AvgIpc) is 3.03. The third-order valence-corrected chi connectivity index (χ3v) is 4.63. The highest BCUT2D eigenvalue weighted by atomic mass is 16.5. The van der Waals surface area contributed by atoms with Gasteiger partial charge in [-0.2, -0.15) is 0 Å². The van der Waals surface area contributed by atoms with E-state index in [1.54, 1.807) is 0 Å². The Morgan fingerprint density at radius 1 is 1.30 bits per heavy atom. The van der Waals surface area contributed by atoms with Gasteiger partial charge in [0.2, 0.25) is 17.8 Å². The van der Waals surface area contributed by atoms with Crippen molar-refractivity contribution in [1.29, 1.82) is 0 Å². The summed E-state index contributed by atoms with van der Waals surface area (Å²) in [6.45, 7) is 4.17. The van der Waals surface area contributed by atoms with Crippen molar-refractivity contribution in [2.45, 2.75) is 19.4 Å². The van der Waals surface area contributed by atoms with Crippen LogP contribution in [0, 0.1) is 0 Å². The number of aliphatic imine (C=N–C) groups is 1. The minimum absolute atomic E-state index is 0.000918. The van der Waals surface area contributed by atoms with Gasteiger partial charge in [0.1, 0.15) is 12.3 Å². The zero-order chi connectivity index (χ0) is 18.6. The standard InChI is InChI=1S/C18H23N5O4/c24-16(21-23-5-8-26-9-6-23)2-1-7-27-14-3-4-15-13(10-14)11-22-12-17(25)20-18(22)19-15/h3-4,10H,1-2,5-9,11-12H2,(H,21,24)(H,19,20,25). The average molecular weight is 373 g/mol. The molecular formula is C18H23N5O4. The molecule has 1 aromatic carbocycles. The molecule has 0 bridgehead atoms. The van der Waals surface area contributed by atoms with Gasteiger partial charge in [0.05, 0.1) is 25.5 Å². The zero-order valence-corrected chi connectivity index (χ0v) is 15.1. The summed E-state index contributed by atoms with van der Waals surface area (Å²) in [6.07, 6.45) is 1.05. The maximum Gasteiger partial charge on any atom is 0.246 e. The summed E-state index contributed by atoms with van der Waals surface area (Å²) in [6, 6.07) is 5.71. The minimum Gasteiger partial charge on any atom is -0.494 e. The monoisotopic (exact) mass is 373 g/mol. The van der Waals surface area contributed by atoms with Crippen LogP contribution in [-0.4, -0.2) is 67.1 Å². The molecule has 3 aliphatic rings. The van der Waals surface area contributed by atoms with Gasteiger partial charge in [-0.15, -0.1) is 0 Å². The number of amides is 2. The van der Waals surface area contributed by atoms with Crippen molar-refractivity contribution in [2.24, 2.45) is 4.99 Å². The highest BCUT2D eigenvalue weighted by Crippen LogP contribution is 2.30. The Balaban J connectivity index is 1.23. The molecule has 1 aromatic rings. The first-order valence-electron chi connectivity index (χ1n) is 9.19. The molecule has 3 aliphatic heterocycles. The fraction of sp³-hybridized carbons (Fsp3) is 0.500. The first-order valence-corrected chi connectivity index (χ1v) is 9.19. The van der Waals surface area contributed by atoms with Gasteiger partial charge in [0.25, 0.3) is 0 Å². The van der Waals surface area contributed by atoms with Crippen LogP contribution in [-0.2, 0) is 20.9 Å². The molecule has 0 atom stereocenters. The normalized spacial score (nSPS) is 19.0. The van der Waals surface area contributed by atoms with Crippen molar-refractivity contribution in [1.82, 2.24) is 20.7 Å². The molecule has 0 radical (unpaired) electrons. The number of morpholine rings is 1. The number of benzene rings is 1. The molecule has 4 rings (SSSR count). The van der Waals surface area contributed by atoms with E-state index in [2.05, 4.69) is 15.7 Å². The van der Waals surface area contributed by atoms with Crippen LogP contribution < -0.4 is 15.5 Å². The quantitative estimate of drug-likeness (QED) is 0.689. The van der Waals surface area contributed by atoms with E-state index >= 15 is 0 Å². The molecule has 0 aromatic heterocycles. The van der Waals surface area contributed by atoms with E-state index in [1.807, 2.05) is 28.1 Å². The molecule has 2 fully saturated rings. The molecule has 9 heteroatoms. The Bertz CT molecular complexity index is 760. The second kappa shape index (κ2) is 7.93. The zero-order valence-electron chi connectivity index (χ0n) is 15.1. The number of nitrogens with zero attached hydrogens (tertiary/aromatic N) is 3. The van der Waals surface area contributed by atoms with Crippen LogP contribution in [0.1, 0.15) is 18.4 Å². The predicted molar refractivity (Wildman–Crippen MR) is 97.4 cm³/mol. The van der Waals surface area contributed by atoms with Crippen molar-refractivity contribution < 1.29 is 19.1 Å². The molecule has 27 heavy (non-hydrogen) atoms. The Morgan fingerprint density at radius 3 is 3.00 bits per heavy atom. The predicted octanol–water partition coefficient (Wildman–Crippen LogP) is 0.142. The summed E-state index contributed by atoms with van der Waals surface area (Å²) in [4.78, 5) is 29.8. The topological polar surface area (TPSA) is 95.5 Å². The maximum atomic E-state index is 11.9. The van der Waals surface area contributed by atoms with Crippen LogP contribution in [0.4, 0.5) is 5.69 Å². The van der Waals surface area contributed by atoms with E-state index in [0.29, 0.717) is 51.7 Å². The largest absolute Gasteiger partial charge is 0.494 e. The number of hydrogen-bond donors (Lipinski definition) is 2. The number of hydrogen-bond acceptors (Lipinski definition) is 7. The minimum atomic E-state index is -0.0339. The van der Waals surface area contributed by atoms with E-state index in [-0.39, 0.29) is 11.8 Å². The summed E-state index contributed by atoms with van der Waals surface area (Å²) in [5.74, 6) is 1.33. The van der Waals surface area contributed by atoms with Crippen LogP contribution in [0.3, 0.4) is 0 Å². The van der Waals surface area contributed by atoms with E-state index in [4.69, 9.17) is 9.47 Å². The number of ether oxygens (including phenoxy) is 2. The number of fused-ring (bicyclic) bond motifs is 2. The molecule has 0 saturated carbocycles. The van der Waals surface area contributed by atoms with Gasteiger partial charge in [-0.3, -0.25) is 20.3 Å². The Kier molecular flexibility index (Phi) is 5.21. The van der Waals surface area contributed by atoms with Crippen molar-refractivity contribution >= 4 is 23.5 Å². The lowest BCUT2D eigenvalue weighted by atomic mass is 10.1. The summed E-state index contributed by atoms with van der Waals surface area (Å²) >= 11 is 0. The molecule has 144 valence electrons. The Hall–Kier alpha value is -2.65. The van der Waals surface area contributed by atoms with Crippen molar-refractivity contribution in [2.75, 3.05) is 39.5 Å². The van der Waals surface area contributed by atoms with Gasteiger partial charge in [0, 0.05) is 31.6 Å². The van der Waals surface area contributed by atoms with Gasteiger partial charge in [-0.1, -0.05) is 0 Å². The van der Waals surface area contributed by atoms with E-state index in [1.165, 1.54) is 0 Å². The number of guanidine groups is 1. The lowest BCUT2D eigenvalue weighted by Crippen LogP contribution is -2.48. The Labute approximate surface area is 157 Å². The lowest BCUT2D eigenvalue weighted by Gasteiger charge is -2.26. The summed E-state index contributed by atoms with van der Waals surface area (Å²) in [5, 5.41) is 4.64. The second-order valence-corrected chi connectivity index (χ2v) is 6.72. The number of rotatable bonds is 6. The molecular weight excluding hydrogens is 350 g/mol. The van der Waals surface area contributed by atoms with Crippen LogP contribution in [0.25, 0.3) is 0 Å². The van der Waals surface area contributed by atoms with E-state index in [0.717, 1.165) is 30.1 Å². The maximum absolute atomic E-state index is 11.9. The number of carbonyl (C=O) groups is 2. The molecule has 3 heterocycles. The van der Waals surface area contributed by atoms with Gasteiger partial charge in [-0.05, 0) is 24.6 Å². The lowest BCUT2D eigenvalue weighted by molar-refractivity contribution is -0.128. The summed E-state index contributed by atoms with van der Waals surface area (Å²) in [5.41, 5.74) is 4.76. The van der Waals surface area contributed by atoms with Crippen LogP contribution in [0.2, 0.25) is 0 Å². The van der Waals surface area contributed by atoms with E-state index < -0.39 is 0 Å². The first kappa shape index (κ1) is 17.7. The summed E-state index contributed by atoms with van der Waals surface area (Å²) in [7, 11) is 0. The molecule has 2 N–H and O–H groups in total. The van der Waals surface area contributed by atoms with Gasteiger partial charge >= 0.3 is 0 Å². The highest BCUT2D eigenvalue weighted by molar-refractivity contribution is 6.05. The molecule has 2 saturated heterocycles. The number of nitrogens with one attached hydrogen (secondary N) is 2. The first-order chi connectivity index (χ1) is 13.2. The summed E-state index contributed by atoms with van der Waals surface area (Å²) < 4.78 is 11.0. The molecule has 2 amide bonds. The van der Waals surface area contributed by atoms with Crippen LogP contribution >= 0.6 is 0 Å². The van der Waals surface area contributed by atoms with E-state index in [9.17, 15) is 9.59 Å². The van der Waals surface area contributed by atoms with Gasteiger partial charge in [0.15, 0.2) is 0 Å².